The maximum atomic E-state index is 12.0. The molecule has 22 heavy (non-hydrogen) atoms. The van der Waals surface area contributed by atoms with Crippen molar-refractivity contribution in [3.05, 3.63) is 53.6 Å². The second-order valence-corrected chi connectivity index (χ2v) is 4.28. The van der Waals surface area contributed by atoms with Crippen molar-refractivity contribution in [1.29, 1.82) is 0 Å². The normalized spacial score (nSPS) is 10.0. The molecule has 1 amide bonds. The fourth-order valence-corrected chi connectivity index (χ4v) is 1.73. The Morgan fingerprint density at radius 2 is 1.55 bits per heavy atom. The molecule has 0 saturated carbocycles. The van der Waals surface area contributed by atoms with Gasteiger partial charge in [-0.05, 0) is 17.7 Å². The van der Waals surface area contributed by atoms with E-state index in [0.29, 0.717) is 11.3 Å². The molecule has 0 aliphatic rings. The summed E-state index contributed by atoms with van der Waals surface area (Å²) in [7, 11) is 0. The lowest BCUT2D eigenvalue weighted by Gasteiger charge is -2.06. The Morgan fingerprint density at radius 1 is 0.955 bits per heavy atom. The predicted molar refractivity (Wildman–Crippen MR) is 74.7 cm³/mol. The molecule has 8 nitrogen and oxygen atoms in total. The van der Waals surface area contributed by atoms with Crippen molar-refractivity contribution in [2.75, 3.05) is 5.32 Å². The van der Waals surface area contributed by atoms with Crippen molar-refractivity contribution >= 4 is 23.5 Å². The first kappa shape index (κ1) is 15.1. The van der Waals surface area contributed by atoms with Gasteiger partial charge in [-0.25, -0.2) is 14.8 Å². The quantitative estimate of drug-likeness (QED) is 0.752. The van der Waals surface area contributed by atoms with E-state index in [1.54, 1.807) is 12.1 Å². The van der Waals surface area contributed by atoms with Crippen LogP contribution >= 0.6 is 0 Å². The first-order valence-corrected chi connectivity index (χ1v) is 6.14. The molecular weight excluding hydrogens is 290 g/mol. The number of rotatable bonds is 5. The minimum atomic E-state index is -1.35. The van der Waals surface area contributed by atoms with Gasteiger partial charge >= 0.3 is 11.9 Å². The minimum Gasteiger partial charge on any atom is -0.481 e. The van der Waals surface area contributed by atoms with Gasteiger partial charge in [-0.2, -0.15) is 0 Å². The second-order valence-electron chi connectivity index (χ2n) is 4.28. The van der Waals surface area contributed by atoms with Crippen molar-refractivity contribution in [1.82, 2.24) is 9.97 Å². The number of amides is 1. The van der Waals surface area contributed by atoms with Crippen LogP contribution in [0.15, 0.2) is 36.7 Å². The summed E-state index contributed by atoms with van der Waals surface area (Å²) in [5.74, 6) is -3.02. The molecule has 2 rings (SSSR count). The number of aromatic nitrogens is 2. The molecule has 8 heteroatoms. The summed E-state index contributed by atoms with van der Waals surface area (Å²) < 4.78 is 0. The van der Waals surface area contributed by atoms with Crippen LogP contribution in [0.3, 0.4) is 0 Å². The first-order chi connectivity index (χ1) is 10.5. The number of benzene rings is 1. The fraction of sp³-hybridized carbons (Fsp3) is 0.0714. The van der Waals surface area contributed by atoms with E-state index in [1.807, 2.05) is 0 Å². The van der Waals surface area contributed by atoms with Gasteiger partial charge in [0.15, 0.2) is 11.4 Å². The summed E-state index contributed by atoms with van der Waals surface area (Å²) in [4.78, 5) is 40.9. The third-order valence-corrected chi connectivity index (χ3v) is 2.68. The van der Waals surface area contributed by atoms with Crippen LogP contribution in [0, 0.1) is 0 Å². The number of hydrogen-bond donors (Lipinski definition) is 3. The lowest BCUT2D eigenvalue weighted by atomic mass is 10.1. The standard InChI is InChI=1S/C14H11N3O5/c18-10(19)7-8-1-3-9(4-2-8)17-13(20)11-12(14(21)22)16-6-5-15-11/h1-6H,7H2,(H,17,20)(H,18,19)(H,21,22). The lowest BCUT2D eigenvalue weighted by Crippen LogP contribution is -2.19. The van der Waals surface area contributed by atoms with Crippen molar-refractivity contribution in [2.24, 2.45) is 0 Å². The van der Waals surface area contributed by atoms with Crippen LogP contribution in [0.5, 0.6) is 0 Å². The van der Waals surface area contributed by atoms with Gasteiger partial charge in [0.25, 0.3) is 5.91 Å². The zero-order chi connectivity index (χ0) is 16.1. The van der Waals surface area contributed by atoms with Crippen LogP contribution in [0.2, 0.25) is 0 Å². The maximum Gasteiger partial charge on any atom is 0.356 e. The molecule has 0 radical (unpaired) electrons. The summed E-state index contributed by atoms with van der Waals surface area (Å²) in [6.07, 6.45) is 2.28. The highest BCUT2D eigenvalue weighted by Crippen LogP contribution is 2.12. The zero-order valence-corrected chi connectivity index (χ0v) is 11.2. The summed E-state index contributed by atoms with van der Waals surface area (Å²) in [6.45, 7) is 0. The van der Waals surface area contributed by atoms with Gasteiger partial charge in [0.05, 0.1) is 6.42 Å². The van der Waals surface area contributed by atoms with Crippen LogP contribution in [-0.4, -0.2) is 38.0 Å². The molecule has 1 aromatic heterocycles. The average Bonchev–Trinajstić information content (AvgIpc) is 2.48. The van der Waals surface area contributed by atoms with Gasteiger partial charge in [0, 0.05) is 18.1 Å². The van der Waals surface area contributed by atoms with Crippen LogP contribution in [0.1, 0.15) is 26.5 Å². The van der Waals surface area contributed by atoms with Crippen molar-refractivity contribution in [2.45, 2.75) is 6.42 Å². The largest absolute Gasteiger partial charge is 0.481 e. The van der Waals surface area contributed by atoms with Crippen LogP contribution < -0.4 is 5.32 Å². The molecule has 0 aliphatic carbocycles. The minimum absolute atomic E-state index is 0.123. The van der Waals surface area contributed by atoms with Gasteiger partial charge in [-0.15, -0.1) is 0 Å². The Morgan fingerprint density at radius 3 is 2.09 bits per heavy atom. The molecule has 0 saturated heterocycles. The smallest absolute Gasteiger partial charge is 0.356 e. The van der Waals surface area contributed by atoms with E-state index in [4.69, 9.17) is 10.2 Å². The van der Waals surface area contributed by atoms with Crippen molar-refractivity contribution in [3.8, 4) is 0 Å². The third kappa shape index (κ3) is 3.63. The average molecular weight is 301 g/mol. The van der Waals surface area contributed by atoms with Crippen molar-refractivity contribution < 1.29 is 24.6 Å². The Kier molecular flexibility index (Phi) is 4.42. The second kappa shape index (κ2) is 6.44. The molecule has 0 bridgehead atoms. The Balaban J connectivity index is 2.15. The molecule has 0 unspecified atom stereocenters. The Bertz CT molecular complexity index is 728. The van der Waals surface area contributed by atoms with E-state index in [-0.39, 0.29) is 12.1 Å². The third-order valence-electron chi connectivity index (χ3n) is 2.68. The number of nitrogens with zero attached hydrogens (tertiary/aromatic N) is 2. The molecule has 0 aliphatic heterocycles. The van der Waals surface area contributed by atoms with E-state index < -0.39 is 23.5 Å². The maximum absolute atomic E-state index is 12.0. The highest BCUT2D eigenvalue weighted by molar-refractivity contribution is 6.08. The summed E-state index contributed by atoms with van der Waals surface area (Å²) in [6, 6.07) is 6.15. The number of carbonyl (C=O) groups is 3. The number of aromatic carboxylic acids is 1. The first-order valence-electron chi connectivity index (χ1n) is 6.14. The molecule has 0 fully saturated rings. The number of carboxylic acid groups (broad SMARTS) is 2. The number of hydrogen-bond acceptors (Lipinski definition) is 5. The predicted octanol–water partition coefficient (Wildman–Crippen LogP) is 1.05. The summed E-state index contributed by atoms with van der Waals surface area (Å²) >= 11 is 0. The number of aliphatic carboxylic acids is 1. The molecule has 112 valence electrons. The number of nitrogens with one attached hydrogen (secondary N) is 1. The van der Waals surface area contributed by atoms with Gasteiger partial charge in [0.1, 0.15) is 0 Å². The molecular formula is C14H11N3O5. The van der Waals surface area contributed by atoms with E-state index in [9.17, 15) is 14.4 Å². The van der Waals surface area contributed by atoms with E-state index in [0.717, 1.165) is 0 Å². The highest BCUT2D eigenvalue weighted by atomic mass is 16.4. The van der Waals surface area contributed by atoms with Gasteiger partial charge in [-0.3, -0.25) is 9.59 Å². The Labute approximate surface area is 124 Å². The zero-order valence-electron chi connectivity index (χ0n) is 11.2. The molecule has 2 aromatic rings. The summed E-state index contributed by atoms with van der Waals surface area (Å²) in [5.41, 5.74) is 0.226. The SMILES string of the molecule is O=C(O)Cc1ccc(NC(=O)c2nccnc2C(=O)O)cc1. The van der Waals surface area contributed by atoms with Crippen LogP contribution in [0.25, 0.3) is 0 Å². The fourth-order valence-electron chi connectivity index (χ4n) is 1.73. The van der Waals surface area contributed by atoms with Gasteiger partial charge in [-0.1, -0.05) is 12.1 Å². The number of carboxylic acids is 2. The van der Waals surface area contributed by atoms with Crippen LogP contribution in [-0.2, 0) is 11.2 Å². The van der Waals surface area contributed by atoms with Gasteiger partial charge in [0.2, 0.25) is 0 Å². The van der Waals surface area contributed by atoms with Crippen molar-refractivity contribution in [3.63, 3.8) is 0 Å². The molecule has 0 spiro atoms. The highest BCUT2D eigenvalue weighted by Gasteiger charge is 2.19. The molecule has 3 N–H and O–H groups in total. The lowest BCUT2D eigenvalue weighted by molar-refractivity contribution is -0.136. The number of carbonyl (C=O) groups excluding carboxylic acids is 1. The van der Waals surface area contributed by atoms with Gasteiger partial charge < -0.3 is 15.5 Å². The Hall–Kier alpha value is -3.29. The topological polar surface area (TPSA) is 129 Å². The summed E-state index contributed by atoms with van der Waals surface area (Å²) in [5, 5.41) is 20.1. The van der Waals surface area contributed by atoms with Crippen LogP contribution in [0.4, 0.5) is 5.69 Å². The van der Waals surface area contributed by atoms with E-state index >= 15 is 0 Å². The molecule has 1 heterocycles. The molecule has 1 aromatic carbocycles. The monoisotopic (exact) mass is 301 g/mol. The number of anilines is 1. The van der Waals surface area contributed by atoms with E-state index in [2.05, 4.69) is 15.3 Å². The van der Waals surface area contributed by atoms with E-state index in [1.165, 1.54) is 24.5 Å². The molecule has 0 atom stereocenters.